The molecule has 1 rings (SSSR count). The maximum absolute atomic E-state index is 3.37. The van der Waals surface area contributed by atoms with E-state index in [0.29, 0.717) is 6.04 Å². The second-order valence-electron chi connectivity index (χ2n) is 3.16. The first-order valence-corrected chi connectivity index (χ1v) is 4.22. The Morgan fingerprint density at radius 1 is 1.40 bits per heavy atom. The Balaban J connectivity index is 2.24. The fraction of sp³-hybridized carbons (Fsp3) is 1.00. The fourth-order valence-corrected chi connectivity index (χ4v) is 1.58. The summed E-state index contributed by atoms with van der Waals surface area (Å²) < 4.78 is 0. The van der Waals surface area contributed by atoms with E-state index in [-0.39, 0.29) is 0 Å². The van der Waals surface area contributed by atoms with Crippen molar-refractivity contribution in [1.82, 2.24) is 10.6 Å². The van der Waals surface area contributed by atoms with Gasteiger partial charge in [-0.3, -0.25) is 0 Å². The van der Waals surface area contributed by atoms with Crippen LogP contribution in [0.15, 0.2) is 0 Å². The van der Waals surface area contributed by atoms with E-state index in [9.17, 15) is 0 Å². The predicted molar refractivity (Wildman–Crippen MR) is 44.1 cm³/mol. The average Bonchev–Trinajstić information content (AvgIpc) is 2.05. The van der Waals surface area contributed by atoms with Crippen molar-refractivity contribution in [3.05, 3.63) is 0 Å². The maximum atomic E-state index is 3.37. The van der Waals surface area contributed by atoms with Crippen LogP contribution in [0.2, 0.25) is 0 Å². The lowest BCUT2D eigenvalue weighted by Gasteiger charge is -2.27. The average molecular weight is 142 g/mol. The largest absolute Gasteiger partial charge is 0.317 e. The summed E-state index contributed by atoms with van der Waals surface area (Å²) in [5.41, 5.74) is 0. The summed E-state index contributed by atoms with van der Waals surface area (Å²) in [6, 6.07) is 0.696. The Kier molecular flexibility index (Phi) is 3.16. The van der Waals surface area contributed by atoms with Crippen molar-refractivity contribution in [3.63, 3.8) is 0 Å². The fourth-order valence-electron chi connectivity index (χ4n) is 1.58. The molecule has 2 heteroatoms. The lowest BCUT2D eigenvalue weighted by Crippen LogP contribution is -2.38. The van der Waals surface area contributed by atoms with Crippen LogP contribution < -0.4 is 10.6 Å². The molecule has 1 saturated heterocycles. The smallest absolute Gasteiger partial charge is 0.00649 e. The van der Waals surface area contributed by atoms with Gasteiger partial charge < -0.3 is 10.6 Å². The maximum Gasteiger partial charge on any atom is 0.00649 e. The summed E-state index contributed by atoms with van der Waals surface area (Å²) in [6.07, 6.45) is 2.67. The van der Waals surface area contributed by atoms with E-state index in [1.165, 1.54) is 25.9 Å². The standard InChI is InChI=1S/C8H18N2/c1-7(9-2)8-3-5-10-6-4-8/h7-10H,3-6H2,1-2H3. The molecule has 2 nitrogen and oxygen atoms in total. The monoisotopic (exact) mass is 142 g/mol. The highest BCUT2D eigenvalue weighted by Crippen LogP contribution is 2.15. The van der Waals surface area contributed by atoms with Gasteiger partial charge in [-0.05, 0) is 45.8 Å². The van der Waals surface area contributed by atoms with Gasteiger partial charge in [-0.25, -0.2) is 0 Å². The number of piperidine rings is 1. The van der Waals surface area contributed by atoms with Gasteiger partial charge in [0.2, 0.25) is 0 Å². The van der Waals surface area contributed by atoms with Crippen molar-refractivity contribution >= 4 is 0 Å². The molecule has 2 N–H and O–H groups in total. The predicted octanol–water partition coefficient (Wildman–Crippen LogP) is 0.594. The Labute approximate surface area is 63.4 Å². The zero-order chi connectivity index (χ0) is 7.40. The molecule has 0 radical (unpaired) electrons. The van der Waals surface area contributed by atoms with Crippen LogP contribution in [0, 0.1) is 5.92 Å². The summed E-state index contributed by atoms with van der Waals surface area (Å²) in [7, 11) is 2.05. The third-order valence-corrected chi connectivity index (χ3v) is 2.55. The summed E-state index contributed by atoms with van der Waals surface area (Å²) in [4.78, 5) is 0. The molecule has 1 aliphatic rings. The Morgan fingerprint density at radius 2 is 2.00 bits per heavy atom. The molecule has 0 amide bonds. The molecule has 0 aliphatic carbocycles. The van der Waals surface area contributed by atoms with Crippen molar-refractivity contribution in [2.75, 3.05) is 20.1 Å². The van der Waals surface area contributed by atoms with Crippen LogP contribution in [0.5, 0.6) is 0 Å². The SMILES string of the molecule is CNC(C)C1CCNCC1. The molecular weight excluding hydrogens is 124 g/mol. The van der Waals surface area contributed by atoms with E-state index in [4.69, 9.17) is 0 Å². The van der Waals surface area contributed by atoms with E-state index >= 15 is 0 Å². The van der Waals surface area contributed by atoms with Gasteiger partial charge in [-0.1, -0.05) is 0 Å². The highest BCUT2D eigenvalue weighted by molar-refractivity contribution is 4.76. The second kappa shape index (κ2) is 3.94. The minimum atomic E-state index is 0.696. The van der Waals surface area contributed by atoms with Crippen LogP contribution in [0.1, 0.15) is 19.8 Å². The van der Waals surface area contributed by atoms with Crippen LogP contribution >= 0.6 is 0 Å². The van der Waals surface area contributed by atoms with Gasteiger partial charge in [-0.15, -0.1) is 0 Å². The van der Waals surface area contributed by atoms with Crippen molar-refractivity contribution in [1.29, 1.82) is 0 Å². The van der Waals surface area contributed by atoms with E-state index in [0.717, 1.165) is 5.92 Å². The van der Waals surface area contributed by atoms with Gasteiger partial charge in [-0.2, -0.15) is 0 Å². The number of nitrogens with one attached hydrogen (secondary N) is 2. The van der Waals surface area contributed by atoms with Crippen LogP contribution in [0.25, 0.3) is 0 Å². The number of hydrogen-bond donors (Lipinski definition) is 2. The first-order chi connectivity index (χ1) is 4.84. The van der Waals surface area contributed by atoms with Crippen LogP contribution in [-0.2, 0) is 0 Å². The molecule has 1 aliphatic heterocycles. The van der Waals surface area contributed by atoms with Gasteiger partial charge >= 0.3 is 0 Å². The van der Waals surface area contributed by atoms with Gasteiger partial charge in [0.25, 0.3) is 0 Å². The molecule has 1 unspecified atom stereocenters. The zero-order valence-electron chi connectivity index (χ0n) is 6.98. The van der Waals surface area contributed by atoms with Crippen molar-refractivity contribution in [2.45, 2.75) is 25.8 Å². The van der Waals surface area contributed by atoms with Crippen LogP contribution in [0.4, 0.5) is 0 Å². The second-order valence-corrected chi connectivity index (χ2v) is 3.16. The molecule has 0 spiro atoms. The van der Waals surface area contributed by atoms with Crippen molar-refractivity contribution in [2.24, 2.45) is 5.92 Å². The molecule has 1 heterocycles. The Bertz CT molecular complexity index is 87.3. The number of hydrogen-bond acceptors (Lipinski definition) is 2. The molecule has 0 saturated carbocycles. The van der Waals surface area contributed by atoms with Crippen molar-refractivity contribution in [3.8, 4) is 0 Å². The first-order valence-electron chi connectivity index (χ1n) is 4.22. The summed E-state index contributed by atoms with van der Waals surface area (Å²) in [5.74, 6) is 0.895. The van der Waals surface area contributed by atoms with Gasteiger partial charge in [0, 0.05) is 6.04 Å². The zero-order valence-corrected chi connectivity index (χ0v) is 6.98. The lowest BCUT2D eigenvalue weighted by molar-refractivity contribution is 0.304. The lowest BCUT2D eigenvalue weighted by atomic mass is 9.91. The third kappa shape index (κ3) is 1.96. The molecule has 60 valence electrons. The highest BCUT2D eigenvalue weighted by Gasteiger charge is 2.17. The quantitative estimate of drug-likeness (QED) is 0.590. The third-order valence-electron chi connectivity index (χ3n) is 2.55. The van der Waals surface area contributed by atoms with E-state index in [2.05, 4.69) is 17.6 Å². The minimum Gasteiger partial charge on any atom is -0.317 e. The molecule has 10 heavy (non-hydrogen) atoms. The molecule has 1 atom stereocenters. The summed E-state index contributed by atoms with van der Waals surface area (Å²) in [6.45, 7) is 4.68. The number of rotatable bonds is 2. The van der Waals surface area contributed by atoms with Gasteiger partial charge in [0.1, 0.15) is 0 Å². The van der Waals surface area contributed by atoms with Gasteiger partial charge in [0.15, 0.2) is 0 Å². The molecule has 0 aromatic rings. The molecule has 0 bridgehead atoms. The first kappa shape index (κ1) is 8.02. The summed E-state index contributed by atoms with van der Waals surface area (Å²) in [5, 5.41) is 6.67. The Hall–Kier alpha value is -0.0800. The van der Waals surface area contributed by atoms with Crippen LogP contribution in [-0.4, -0.2) is 26.2 Å². The normalized spacial score (nSPS) is 24.6. The Morgan fingerprint density at radius 3 is 2.50 bits per heavy atom. The minimum absolute atomic E-state index is 0.696. The highest BCUT2D eigenvalue weighted by atomic mass is 14.9. The van der Waals surface area contributed by atoms with Gasteiger partial charge in [0.05, 0.1) is 0 Å². The molecule has 0 aromatic carbocycles. The summed E-state index contributed by atoms with van der Waals surface area (Å²) >= 11 is 0. The molecule has 0 aromatic heterocycles. The topological polar surface area (TPSA) is 24.1 Å². The van der Waals surface area contributed by atoms with E-state index < -0.39 is 0 Å². The van der Waals surface area contributed by atoms with E-state index in [1.54, 1.807) is 0 Å². The van der Waals surface area contributed by atoms with E-state index in [1.807, 2.05) is 7.05 Å². The van der Waals surface area contributed by atoms with Crippen LogP contribution in [0.3, 0.4) is 0 Å². The van der Waals surface area contributed by atoms with Crippen molar-refractivity contribution < 1.29 is 0 Å². The molecule has 1 fully saturated rings. The molecular formula is C8H18N2.